The van der Waals surface area contributed by atoms with Crippen molar-refractivity contribution in [2.45, 2.75) is 206 Å². The van der Waals surface area contributed by atoms with Gasteiger partial charge in [-0.3, -0.25) is 0 Å². The van der Waals surface area contributed by atoms with E-state index in [9.17, 15) is 0 Å². The number of anilines is 2. The molecular formula is C57H86N2. The molecule has 0 amide bonds. The van der Waals surface area contributed by atoms with Crippen molar-refractivity contribution in [3.63, 3.8) is 0 Å². The highest BCUT2D eigenvalue weighted by molar-refractivity contribution is 5.44. The number of nitrogens with two attached hydrogens (primary N) is 2. The van der Waals surface area contributed by atoms with E-state index in [0.717, 1.165) is 24.2 Å². The minimum absolute atomic E-state index is 0.426. The van der Waals surface area contributed by atoms with Gasteiger partial charge in [0, 0.05) is 23.2 Å². The largest absolute Gasteiger partial charge is 0.399 e. The van der Waals surface area contributed by atoms with E-state index in [4.69, 9.17) is 11.5 Å². The lowest BCUT2D eigenvalue weighted by Gasteiger charge is -2.21. The fourth-order valence-corrected chi connectivity index (χ4v) is 9.39. The summed E-state index contributed by atoms with van der Waals surface area (Å²) in [4.78, 5) is 0. The molecule has 0 spiro atoms. The maximum absolute atomic E-state index is 6.12. The Bertz CT molecular complexity index is 1470. The molecule has 324 valence electrons. The number of hydrogen-bond donors (Lipinski definition) is 2. The molecule has 2 unspecified atom stereocenters. The first kappa shape index (κ1) is 48.1. The van der Waals surface area contributed by atoms with Gasteiger partial charge in [-0.2, -0.15) is 0 Å². The molecule has 0 aliphatic carbocycles. The number of nitrogen functional groups attached to an aromatic ring is 2. The highest BCUT2D eigenvalue weighted by Crippen LogP contribution is 2.34. The Morgan fingerprint density at radius 3 is 0.881 bits per heavy atom. The Hall–Kier alpha value is -3.52. The maximum Gasteiger partial charge on any atom is 0.0314 e. The van der Waals surface area contributed by atoms with Crippen LogP contribution < -0.4 is 11.5 Å². The van der Waals surface area contributed by atoms with Crippen molar-refractivity contribution in [3.8, 4) is 0 Å². The van der Waals surface area contributed by atoms with Crippen LogP contribution in [-0.4, -0.2) is 0 Å². The number of hydrogen-bond acceptors (Lipinski definition) is 2. The third-order valence-electron chi connectivity index (χ3n) is 13.1. The van der Waals surface area contributed by atoms with E-state index >= 15 is 0 Å². The van der Waals surface area contributed by atoms with Gasteiger partial charge in [0.1, 0.15) is 0 Å². The highest BCUT2D eigenvalue weighted by atomic mass is 14.5. The van der Waals surface area contributed by atoms with Gasteiger partial charge in [0.25, 0.3) is 0 Å². The second-order valence-corrected chi connectivity index (χ2v) is 18.3. The van der Waals surface area contributed by atoms with E-state index in [2.05, 4.69) is 118 Å². The van der Waals surface area contributed by atoms with Crippen LogP contribution in [0.4, 0.5) is 11.4 Å². The van der Waals surface area contributed by atoms with Crippen molar-refractivity contribution >= 4 is 11.4 Å². The SMILES string of the molecule is CCCCCCCCCCCCC(c1ccc(N)cc1)c1ccc(CC(CCCC)Cc2ccc(C(CCCCCCCCCCCC)c3ccc(N)cc3)cc2)cc1. The molecule has 2 atom stereocenters. The van der Waals surface area contributed by atoms with Gasteiger partial charge in [0.15, 0.2) is 0 Å². The topological polar surface area (TPSA) is 52.0 Å². The summed E-state index contributed by atoms with van der Waals surface area (Å²) in [5, 5.41) is 0. The standard InChI is InChI=1S/C57H86N2/c1-4-7-10-12-14-16-18-20-22-24-27-56(52-37-41-54(58)42-38-52)50-33-29-47(30-34-50)45-49(26-9-6-3)46-48-31-35-51(36-32-48)57(53-39-43-55(59)44-40-53)28-25-23-21-19-17-15-13-11-8-5-2/h29-44,49,56-57H,4-28,45-46,58-59H2,1-3H3. The summed E-state index contributed by atoms with van der Waals surface area (Å²) in [6.07, 6.45) is 36.0. The van der Waals surface area contributed by atoms with Crippen LogP contribution in [0.2, 0.25) is 0 Å². The third kappa shape index (κ3) is 19.2. The van der Waals surface area contributed by atoms with E-state index in [1.165, 1.54) is 194 Å². The average molecular weight is 799 g/mol. The molecule has 2 heteroatoms. The van der Waals surface area contributed by atoms with Gasteiger partial charge in [-0.25, -0.2) is 0 Å². The molecule has 0 aliphatic heterocycles. The molecule has 4 rings (SSSR count). The van der Waals surface area contributed by atoms with Crippen molar-refractivity contribution < 1.29 is 0 Å². The van der Waals surface area contributed by atoms with E-state index in [0.29, 0.717) is 17.8 Å². The maximum atomic E-state index is 6.12. The quantitative estimate of drug-likeness (QED) is 0.0373. The van der Waals surface area contributed by atoms with Crippen LogP contribution >= 0.6 is 0 Å². The third-order valence-corrected chi connectivity index (χ3v) is 13.1. The zero-order valence-electron chi connectivity index (χ0n) is 38.2. The second-order valence-electron chi connectivity index (χ2n) is 18.3. The molecule has 0 bridgehead atoms. The van der Waals surface area contributed by atoms with Gasteiger partial charge >= 0.3 is 0 Å². The number of unbranched alkanes of at least 4 members (excludes halogenated alkanes) is 19. The summed E-state index contributed by atoms with van der Waals surface area (Å²) < 4.78 is 0. The Labute approximate surface area is 363 Å². The first-order chi connectivity index (χ1) is 29.0. The fourth-order valence-electron chi connectivity index (χ4n) is 9.39. The summed E-state index contributed by atoms with van der Waals surface area (Å²) in [6.45, 7) is 6.93. The molecule has 59 heavy (non-hydrogen) atoms. The van der Waals surface area contributed by atoms with Crippen LogP contribution in [0.15, 0.2) is 97.1 Å². The Morgan fingerprint density at radius 2 is 0.576 bits per heavy atom. The van der Waals surface area contributed by atoms with Gasteiger partial charge < -0.3 is 11.5 Å². The lowest BCUT2D eigenvalue weighted by molar-refractivity contribution is 0.460. The van der Waals surface area contributed by atoms with Crippen molar-refractivity contribution in [1.29, 1.82) is 0 Å². The summed E-state index contributed by atoms with van der Waals surface area (Å²) in [5.74, 6) is 1.50. The van der Waals surface area contributed by atoms with E-state index in [1.54, 1.807) is 0 Å². The van der Waals surface area contributed by atoms with Crippen LogP contribution in [0, 0.1) is 5.92 Å². The molecule has 2 nitrogen and oxygen atoms in total. The molecule has 4 aromatic carbocycles. The summed E-state index contributed by atoms with van der Waals surface area (Å²) >= 11 is 0. The van der Waals surface area contributed by atoms with E-state index in [1.807, 2.05) is 0 Å². The predicted octanol–water partition coefficient (Wildman–Crippen LogP) is 17.3. The Balaban J connectivity index is 1.34. The van der Waals surface area contributed by atoms with Crippen LogP contribution in [0.1, 0.15) is 227 Å². The summed E-state index contributed by atoms with van der Waals surface area (Å²) in [5.41, 5.74) is 22.6. The van der Waals surface area contributed by atoms with Crippen molar-refractivity contribution in [3.05, 3.63) is 130 Å². The smallest absolute Gasteiger partial charge is 0.0314 e. The summed E-state index contributed by atoms with van der Waals surface area (Å²) in [7, 11) is 0. The van der Waals surface area contributed by atoms with Gasteiger partial charge in [-0.05, 0) is 95.7 Å². The lowest BCUT2D eigenvalue weighted by atomic mass is 9.84. The molecule has 0 heterocycles. The van der Waals surface area contributed by atoms with Gasteiger partial charge in [0.05, 0.1) is 0 Å². The van der Waals surface area contributed by atoms with E-state index in [-0.39, 0.29) is 0 Å². The highest BCUT2D eigenvalue weighted by Gasteiger charge is 2.18. The van der Waals surface area contributed by atoms with Gasteiger partial charge in [-0.1, -0.05) is 235 Å². The van der Waals surface area contributed by atoms with Crippen LogP contribution in [0.3, 0.4) is 0 Å². The zero-order valence-corrected chi connectivity index (χ0v) is 38.2. The lowest BCUT2D eigenvalue weighted by Crippen LogP contribution is -2.10. The predicted molar refractivity (Wildman–Crippen MR) is 262 cm³/mol. The minimum Gasteiger partial charge on any atom is -0.399 e. The Morgan fingerprint density at radius 1 is 0.305 bits per heavy atom. The average Bonchev–Trinajstić information content (AvgIpc) is 3.25. The normalized spacial score (nSPS) is 13.1. The van der Waals surface area contributed by atoms with Crippen LogP contribution in [0.25, 0.3) is 0 Å². The minimum atomic E-state index is 0.426. The molecule has 4 N–H and O–H groups in total. The second kappa shape index (κ2) is 29.7. The van der Waals surface area contributed by atoms with Gasteiger partial charge in [0.2, 0.25) is 0 Å². The number of benzene rings is 4. The molecule has 0 fully saturated rings. The zero-order chi connectivity index (χ0) is 41.8. The first-order valence-electron chi connectivity index (χ1n) is 24.9. The molecule has 0 saturated heterocycles. The fraction of sp³-hybridized carbons (Fsp3) is 0.579. The molecule has 0 aromatic heterocycles. The number of rotatable bonds is 33. The van der Waals surface area contributed by atoms with Gasteiger partial charge in [-0.15, -0.1) is 0 Å². The molecule has 0 saturated carbocycles. The first-order valence-corrected chi connectivity index (χ1v) is 24.9. The summed E-state index contributed by atoms with van der Waals surface area (Å²) in [6, 6.07) is 36.8. The molecule has 0 radical (unpaired) electrons. The monoisotopic (exact) mass is 799 g/mol. The Kier molecular flexibility index (Phi) is 24.2. The van der Waals surface area contributed by atoms with Crippen molar-refractivity contribution in [2.75, 3.05) is 11.5 Å². The molecular weight excluding hydrogens is 713 g/mol. The molecule has 4 aromatic rings. The van der Waals surface area contributed by atoms with Crippen molar-refractivity contribution in [1.82, 2.24) is 0 Å². The van der Waals surface area contributed by atoms with Crippen LogP contribution in [-0.2, 0) is 12.8 Å². The van der Waals surface area contributed by atoms with Crippen molar-refractivity contribution in [2.24, 2.45) is 5.92 Å². The van der Waals surface area contributed by atoms with E-state index < -0.39 is 0 Å². The van der Waals surface area contributed by atoms with Crippen LogP contribution in [0.5, 0.6) is 0 Å². The molecule has 0 aliphatic rings.